The summed E-state index contributed by atoms with van der Waals surface area (Å²) < 4.78 is 5.25. The van der Waals surface area contributed by atoms with Gasteiger partial charge in [-0.3, -0.25) is 0 Å². The summed E-state index contributed by atoms with van der Waals surface area (Å²) in [6.45, 7) is 1.83. The molecule has 64 valence electrons. The lowest BCUT2D eigenvalue weighted by molar-refractivity contribution is 0.0684. The van der Waals surface area contributed by atoms with Crippen LogP contribution in [-0.2, 0) is 4.74 Å². The van der Waals surface area contributed by atoms with Crippen LogP contribution < -0.4 is 5.32 Å². The predicted molar refractivity (Wildman–Crippen MR) is 49.8 cm³/mol. The highest BCUT2D eigenvalue weighted by atomic mass is 32.1. The van der Waals surface area contributed by atoms with Gasteiger partial charge < -0.3 is 10.1 Å². The molecule has 1 aliphatic heterocycles. The van der Waals surface area contributed by atoms with E-state index in [0.717, 1.165) is 30.5 Å². The fourth-order valence-corrected chi connectivity index (χ4v) is 1.55. The number of nitrogens with one attached hydrogen (secondary N) is 1. The first-order valence-electron chi connectivity index (χ1n) is 4.11. The molecule has 0 saturated carbocycles. The quantitative estimate of drug-likeness (QED) is 0.637. The summed E-state index contributed by atoms with van der Waals surface area (Å²) in [4.78, 5) is 0.983. The van der Waals surface area contributed by atoms with E-state index in [2.05, 4.69) is 5.32 Å². The molecule has 0 amide bonds. The van der Waals surface area contributed by atoms with E-state index >= 15 is 0 Å². The average molecular weight is 173 g/mol. The second kappa shape index (κ2) is 4.67. The number of rotatable bonds is 2. The van der Waals surface area contributed by atoms with Crippen LogP contribution in [0.2, 0.25) is 0 Å². The SMILES string of the molecule is CNC(=S)CC1CCOCC1. The van der Waals surface area contributed by atoms with Crippen molar-refractivity contribution in [2.45, 2.75) is 19.3 Å². The molecule has 11 heavy (non-hydrogen) atoms. The molecule has 1 heterocycles. The van der Waals surface area contributed by atoms with Crippen molar-refractivity contribution in [3.8, 4) is 0 Å². The summed E-state index contributed by atoms with van der Waals surface area (Å²) in [5.74, 6) is 0.753. The Balaban J connectivity index is 2.19. The summed E-state index contributed by atoms with van der Waals surface area (Å²) in [6, 6.07) is 0. The topological polar surface area (TPSA) is 21.3 Å². The van der Waals surface area contributed by atoms with Crippen LogP contribution >= 0.6 is 12.2 Å². The smallest absolute Gasteiger partial charge is 0.0753 e. The van der Waals surface area contributed by atoms with E-state index in [0.29, 0.717) is 0 Å². The van der Waals surface area contributed by atoms with E-state index in [1.807, 2.05) is 7.05 Å². The third kappa shape index (κ3) is 3.16. The maximum Gasteiger partial charge on any atom is 0.0753 e. The molecule has 0 radical (unpaired) electrons. The van der Waals surface area contributed by atoms with Crippen molar-refractivity contribution in [1.29, 1.82) is 0 Å². The molecule has 0 aromatic rings. The minimum Gasteiger partial charge on any atom is -0.383 e. The average Bonchev–Trinajstić information content (AvgIpc) is 2.06. The normalized spacial score (nSPS) is 19.7. The molecule has 2 nitrogen and oxygen atoms in total. The fourth-order valence-electron chi connectivity index (χ4n) is 1.31. The van der Waals surface area contributed by atoms with Gasteiger partial charge in [0.2, 0.25) is 0 Å². The van der Waals surface area contributed by atoms with E-state index in [4.69, 9.17) is 17.0 Å². The van der Waals surface area contributed by atoms with Crippen LogP contribution in [-0.4, -0.2) is 25.2 Å². The van der Waals surface area contributed by atoms with Crippen LogP contribution in [0, 0.1) is 5.92 Å². The third-order valence-corrected chi connectivity index (χ3v) is 2.46. The van der Waals surface area contributed by atoms with Crippen LogP contribution in [0.25, 0.3) is 0 Å². The van der Waals surface area contributed by atoms with Crippen LogP contribution in [0.15, 0.2) is 0 Å². The van der Waals surface area contributed by atoms with Gasteiger partial charge in [0.15, 0.2) is 0 Å². The van der Waals surface area contributed by atoms with Crippen molar-refractivity contribution in [1.82, 2.24) is 5.32 Å². The van der Waals surface area contributed by atoms with Gasteiger partial charge in [-0.15, -0.1) is 0 Å². The van der Waals surface area contributed by atoms with Crippen LogP contribution in [0.5, 0.6) is 0 Å². The Labute approximate surface area is 73.3 Å². The molecule has 1 saturated heterocycles. The fraction of sp³-hybridized carbons (Fsp3) is 0.875. The number of thiocarbonyl (C=S) groups is 1. The summed E-state index contributed by atoms with van der Waals surface area (Å²) >= 11 is 5.08. The Morgan fingerprint density at radius 3 is 2.73 bits per heavy atom. The molecule has 0 spiro atoms. The molecule has 1 rings (SSSR count). The van der Waals surface area contributed by atoms with Gasteiger partial charge >= 0.3 is 0 Å². The molecule has 0 bridgehead atoms. The van der Waals surface area contributed by atoms with E-state index in [-0.39, 0.29) is 0 Å². The van der Waals surface area contributed by atoms with Gasteiger partial charge in [-0.25, -0.2) is 0 Å². The molecule has 1 N–H and O–H groups in total. The van der Waals surface area contributed by atoms with E-state index < -0.39 is 0 Å². The molecule has 0 aromatic heterocycles. The Hall–Kier alpha value is -0.150. The third-order valence-electron chi connectivity index (χ3n) is 2.09. The number of hydrogen-bond acceptors (Lipinski definition) is 2. The van der Waals surface area contributed by atoms with Gasteiger partial charge in [0.05, 0.1) is 4.99 Å². The highest BCUT2D eigenvalue weighted by molar-refractivity contribution is 7.80. The summed E-state index contributed by atoms with van der Waals surface area (Å²) in [5, 5.41) is 3.00. The zero-order valence-electron chi connectivity index (χ0n) is 6.93. The molecule has 1 fully saturated rings. The van der Waals surface area contributed by atoms with Gasteiger partial charge in [-0.05, 0) is 18.8 Å². The summed E-state index contributed by atoms with van der Waals surface area (Å²) in [6.07, 6.45) is 3.37. The first-order chi connectivity index (χ1) is 5.33. The minimum atomic E-state index is 0.753. The molecular formula is C8H15NOS. The van der Waals surface area contributed by atoms with Gasteiger partial charge in [-0.1, -0.05) is 12.2 Å². The van der Waals surface area contributed by atoms with Crippen molar-refractivity contribution >= 4 is 17.2 Å². The monoisotopic (exact) mass is 173 g/mol. The summed E-state index contributed by atoms with van der Waals surface area (Å²) in [5.41, 5.74) is 0. The van der Waals surface area contributed by atoms with Crippen molar-refractivity contribution in [3.63, 3.8) is 0 Å². The second-order valence-corrected chi connectivity index (χ2v) is 3.43. The van der Waals surface area contributed by atoms with Crippen molar-refractivity contribution < 1.29 is 4.74 Å². The van der Waals surface area contributed by atoms with Crippen LogP contribution in [0.1, 0.15) is 19.3 Å². The largest absolute Gasteiger partial charge is 0.383 e. The van der Waals surface area contributed by atoms with E-state index in [9.17, 15) is 0 Å². The lowest BCUT2D eigenvalue weighted by Gasteiger charge is -2.21. The highest BCUT2D eigenvalue weighted by Gasteiger charge is 2.14. The molecular weight excluding hydrogens is 158 g/mol. The van der Waals surface area contributed by atoms with E-state index in [1.54, 1.807) is 0 Å². The Morgan fingerprint density at radius 2 is 2.18 bits per heavy atom. The number of hydrogen-bond donors (Lipinski definition) is 1. The lowest BCUT2D eigenvalue weighted by Crippen LogP contribution is -2.23. The second-order valence-electron chi connectivity index (χ2n) is 2.93. The molecule has 0 unspecified atom stereocenters. The Kier molecular flexibility index (Phi) is 3.80. The Bertz CT molecular complexity index is 132. The molecule has 3 heteroatoms. The van der Waals surface area contributed by atoms with Crippen LogP contribution in [0.4, 0.5) is 0 Å². The zero-order valence-corrected chi connectivity index (χ0v) is 7.75. The van der Waals surface area contributed by atoms with Gasteiger partial charge in [-0.2, -0.15) is 0 Å². The van der Waals surface area contributed by atoms with Gasteiger partial charge in [0.25, 0.3) is 0 Å². The van der Waals surface area contributed by atoms with Gasteiger partial charge in [0.1, 0.15) is 0 Å². The van der Waals surface area contributed by atoms with Crippen LogP contribution in [0.3, 0.4) is 0 Å². The van der Waals surface area contributed by atoms with Gasteiger partial charge in [0, 0.05) is 26.7 Å². The molecule has 0 atom stereocenters. The standard InChI is InChI=1S/C8H15NOS/c1-9-8(11)6-7-2-4-10-5-3-7/h7H,2-6H2,1H3,(H,9,11). The predicted octanol–water partition coefficient (Wildman–Crippen LogP) is 1.35. The maximum absolute atomic E-state index is 5.25. The van der Waals surface area contributed by atoms with Crippen molar-refractivity contribution in [2.75, 3.05) is 20.3 Å². The molecule has 0 aromatic carbocycles. The minimum absolute atomic E-state index is 0.753. The van der Waals surface area contributed by atoms with E-state index in [1.165, 1.54) is 12.8 Å². The Morgan fingerprint density at radius 1 is 1.55 bits per heavy atom. The van der Waals surface area contributed by atoms with Crippen molar-refractivity contribution in [3.05, 3.63) is 0 Å². The zero-order chi connectivity index (χ0) is 8.10. The maximum atomic E-state index is 5.25. The lowest BCUT2D eigenvalue weighted by atomic mass is 9.97. The highest BCUT2D eigenvalue weighted by Crippen LogP contribution is 2.18. The summed E-state index contributed by atoms with van der Waals surface area (Å²) in [7, 11) is 1.89. The molecule has 0 aliphatic carbocycles. The first-order valence-corrected chi connectivity index (χ1v) is 4.52. The molecule has 1 aliphatic rings. The van der Waals surface area contributed by atoms with Crippen molar-refractivity contribution in [2.24, 2.45) is 5.92 Å². The number of ether oxygens (including phenoxy) is 1. The first kappa shape index (κ1) is 8.94.